The molecule has 0 bridgehead atoms. The molecule has 3 aromatic heterocycles. The summed E-state index contributed by atoms with van der Waals surface area (Å²) in [6.07, 6.45) is 1.77. The molecule has 0 N–H and O–H groups in total. The van der Waals surface area contributed by atoms with E-state index in [0.717, 1.165) is 20.9 Å². The van der Waals surface area contributed by atoms with Crippen LogP contribution in [0, 0.1) is 0 Å². The maximum absolute atomic E-state index is 4.45. The first kappa shape index (κ1) is 7.18. The van der Waals surface area contributed by atoms with E-state index in [2.05, 4.69) is 21.0 Å². The van der Waals surface area contributed by atoms with Crippen LogP contribution in [0.2, 0.25) is 0 Å². The molecule has 0 fully saturated rings. The molecule has 0 aliphatic rings. The van der Waals surface area contributed by atoms with Crippen molar-refractivity contribution >= 4 is 35.4 Å². The van der Waals surface area contributed by atoms with Crippen molar-refractivity contribution < 1.29 is 0 Å². The summed E-state index contributed by atoms with van der Waals surface area (Å²) in [6, 6.07) is 5.98. The zero-order valence-electron chi connectivity index (χ0n) is 6.64. The maximum atomic E-state index is 4.45. The summed E-state index contributed by atoms with van der Waals surface area (Å²) >= 11 is 0.307. The molecule has 0 aliphatic heterocycles. The van der Waals surface area contributed by atoms with Crippen LogP contribution in [-0.4, -0.2) is 29.5 Å². The second kappa shape index (κ2) is 2.62. The van der Waals surface area contributed by atoms with Gasteiger partial charge in [-0.15, -0.1) is 0 Å². The van der Waals surface area contributed by atoms with E-state index < -0.39 is 0 Å². The van der Waals surface area contributed by atoms with Crippen LogP contribution in [0.4, 0.5) is 0 Å². The Morgan fingerprint density at radius 1 is 1.23 bits per heavy atom. The van der Waals surface area contributed by atoms with E-state index in [1.807, 2.05) is 17.2 Å². The third-order valence-electron chi connectivity index (χ3n) is 1.89. The Morgan fingerprint density at radius 3 is 3.23 bits per heavy atom. The normalized spacial score (nSPS) is 11.1. The molecule has 0 spiro atoms. The van der Waals surface area contributed by atoms with Crippen molar-refractivity contribution in [1.29, 1.82) is 0 Å². The van der Waals surface area contributed by atoms with E-state index in [1.165, 1.54) is 0 Å². The zero-order valence-corrected chi connectivity index (χ0v) is 8.35. The third-order valence-corrected chi connectivity index (χ3v) is 3.43. The molecule has 0 saturated heterocycles. The fourth-order valence-electron chi connectivity index (χ4n) is 1.29. The first-order valence-electron chi connectivity index (χ1n) is 3.88. The fraction of sp³-hybridized carbons (Fsp3) is 0. The summed E-state index contributed by atoms with van der Waals surface area (Å²) in [5, 5.41) is 3.01. The number of rotatable bonds is 0. The predicted molar refractivity (Wildman–Crippen MR) is 51.8 cm³/mol. The van der Waals surface area contributed by atoms with Gasteiger partial charge < -0.3 is 0 Å². The average molecular weight is 234 g/mol. The molecule has 13 heavy (non-hydrogen) atoms. The van der Waals surface area contributed by atoms with Crippen molar-refractivity contribution in [3.8, 4) is 0 Å². The van der Waals surface area contributed by atoms with Crippen molar-refractivity contribution in [2.45, 2.75) is 0 Å². The van der Waals surface area contributed by atoms with Crippen LogP contribution in [0.15, 0.2) is 29.5 Å². The quantitative estimate of drug-likeness (QED) is 0.549. The second-order valence-corrected chi connectivity index (χ2v) is 4.46. The SMILES string of the molecule is c1cnc2nc3[se]cnc3cc2c1. The minimum absolute atomic E-state index is 0.307. The van der Waals surface area contributed by atoms with E-state index in [-0.39, 0.29) is 0 Å². The molecule has 0 aliphatic carbocycles. The first-order valence-corrected chi connectivity index (χ1v) is 5.73. The van der Waals surface area contributed by atoms with E-state index in [1.54, 1.807) is 6.20 Å². The second-order valence-electron chi connectivity index (χ2n) is 2.72. The Labute approximate surface area is 80.2 Å². The van der Waals surface area contributed by atoms with Gasteiger partial charge in [0.25, 0.3) is 0 Å². The molecule has 3 aromatic rings. The average Bonchev–Trinajstić information content (AvgIpc) is 2.61. The topological polar surface area (TPSA) is 38.7 Å². The third kappa shape index (κ3) is 1.07. The van der Waals surface area contributed by atoms with Gasteiger partial charge in [0.2, 0.25) is 0 Å². The van der Waals surface area contributed by atoms with Crippen LogP contribution in [0.5, 0.6) is 0 Å². The van der Waals surface area contributed by atoms with Gasteiger partial charge >= 0.3 is 79.9 Å². The number of fused-ring (bicyclic) bond motifs is 2. The van der Waals surface area contributed by atoms with Crippen LogP contribution in [0.3, 0.4) is 0 Å². The van der Waals surface area contributed by atoms with Gasteiger partial charge in [-0.1, -0.05) is 0 Å². The van der Waals surface area contributed by atoms with Gasteiger partial charge in [0, 0.05) is 0 Å². The Hall–Kier alpha value is -1.25. The zero-order chi connectivity index (χ0) is 8.67. The summed E-state index contributed by atoms with van der Waals surface area (Å²) < 4.78 is 1.10. The summed E-state index contributed by atoms with van der Waals surface area (Å²) in [7, 11) is 0. The molecule has 0 unspecified atom stereocenters. The summed E-state index contributed by atoms with van der Waals surface area (Å²) in [4.78, 5) is 12.9. The Balaban J connectivity index is 2.57. The molecule has 0 saturated carbocycles. The number of pyridine rings is 2. The van der Waals surface area contributed by atoms with Crippen molar-refractivity contribution in [2.24, 2.45) is 0 Å². The van der Waals surface area contributed by atoms with Gasteiger partial charge in [-0.2, -0.15) is 0 Å². The molecular formula is C9H5N3Se. The van der Waals surface area contributed by atoms with Crippen LogP contribution >= 0.6 is 0 Å². The molecular weight excluding hydrogens is 229 g/mol. The molecule has 0 atom stereocenters. The first-order chi connectivity index (χ1) is 6.43. The van der Waals surface area contributed by atoms with Crippen LogP contribution in [-0.2, 0) is 0 Å². The van der Waals surface area contributed by atoms with Crippen molar-refractivity contribution in [3.05, 3.63) is 29.5 Å². The number of hydrogen-bond acceptors (Lipinski definition) is 3. The standard InChI is InChI=1S/C9H5N3Se/c1-2-6-4-7-9(13-5-11-7)12-8(6)10-3-1/h1-5H. The Bertz CT molecular complexity index is 523. The van der Waals surface area contributed by atoms with Gasteiger partial charge in [0.15, 0.2) is 0 Å². The van der Waals surface area contributed by atoms with Gasteiger partial charge in [0.1, 0.15) is 0 Å². The Morgan fingerprint density at radius 2 is 2.23 bits per heavy atom. The number of nitrogens with zero attached hydrogens (tertiary/aromatic N) is 3. The van der Waals surface area contributed by atoms with Crippen LogP contribution in [0.25, 0.3) is 20.9 Å². The van der Waals surface area contributed by atoms with E-state index in [4.69, 9.17) is 0 Å². The van der Waals surface area contributed by atoms with E-state index in [0.29, 0.717) is 14.5 Å². The van der Waals surface area contributed by atoms with Crippen LogP contribution in [0.1, 0.15) is 0 Å². The number of aromatic nitrogens is 3. The number of hydrogen-bond donors (Lipinski definition) is 0. The molecule has 0 aromatic carbocycles. The molecule has 62 valence electrons. The summed E-state index contributed by atoms with van der Waals surface area (Å²) in [5.41, 5.74) is 1.84. The van der Waals surface area contributed by atoms with Gasteiger partial charge in [-0.25, -0.2) is 0 Å². The minimum atomic E-state index is 0.307. The van der Waals surface area contributed by atoms with Crippen molar-refractivity contribution in [3.63, 3.8) is 0 Å². The molecule has 3 heterocycles. The fourth-order valence-corrected chi connectivity index (χ4v) is 2.63. The van der Waals surface area contributed by atoms with Crippen molar-refractivity contribution in [2.75, 3.05) is 0 Å². The Kier molecular flexibility index (Phi) is 1.45. The molecule has 4 heteroatoms. The van der Waals surface area contributed by atoms with E-state index in [9.17, 15) is 0 Å². The van der Waals surface area contributed by atoms with Crippen LogP contribution < -0.4 is 0 Å². The van der Waals surface area contributed by atoms with E-state index >= 15 is 0 Å². The molecule has 0 radical (unpaired) electrons. The molecule has 0 amide bonds. The molecule has 3 nitrogen and oxygen atoms in total. The summed E-state index contributed by atoms with van der Waals surface area (Å²) in [6.45, 7) is 0. The van der Waals surface area contributed by atoms with Gasteiger partial charge in [0.05, 0.1) is 0 Å². The molecule has 3 rings (SSSR count). The monoisotopic (exact) mass is 235 g/mol. The van der Waals surface area contributed by atoms with Gasteiger partial charge in [-0.3, -0.25) is 0 Å². The van der Waals surface area contributed by atoms with Crippen molar-refractivity contribution in [1.82, 2.24) is 15.0 Å². The predicted octanol–water partition coefficient (Wildman–Crippen LogP) is 1.23. The summed E-state index contributed by atoms with van der Waals surface area (Å²) in [5.74, 6) is 0. The van der Waals surface area contributed by atoms with Gasteiger partial charge in [-0.05, 0) is 0 Å².